The van der Waals surface area contributed by atoms with Crippen molar-refractivity contribution >= 4 is 37.0 Å². The summed E-state index contributed by atoms with van der Waals surface area (Å²) >= 11 is 10.5. The summed E-state index contributed by atoms with van der Waals surface area (Å²) in [5.74, 6) is 0. The molecular weight excluding hydrogens is 264 g/mol. The standard InChI is InChI=1S/C14H14S3/c1-9-7-11(3-5-13(9)15)17-12-4-6-14(16)10(2)8-12/h3-8,15-16H,1-2H3. The van der Waals surface area contributed by atoms with E-state index in [2.05, 4.69) is 63.4 Å². The van der Waals surface area contributed by atoms with E-state index < -0.39 is 0 Å². The van der Waals surface area contributed by atoms with Gasteiger partial charge in [0.25, 0.3) is 0 Å². The van der Waals surface area contributed by atoms with Gasteiger partial charge >= 0.3 is 0 Å². The van der Waals surface area contributed by atoms with Crippen molar-refractivity contribution in [3.05, 3.63) is 47.5 Å². The molecule has 0 nitrogen and oxygen atoms in total. The van der Waals surface area contributed by atoms with Gasteiger partial charge in [-0.25, -0.2) is 0 Å². The van der Waals surface area contributed by atoms with Gasteiger partial charge in [0.15, 0.2) is 0 Å². The second kappa shape index (κ2) is 5.42. The van der Waals surface area contributed by atoms with Crippen LogP contribution in [-0.4, -0.2) is 0 Å². The second-order valence-corrected chi connectivity index (χ2v) is 6.11. The Morgan fingerprint density at radius 1 is 0.765 bits per heavy atom. The zero-order valence-electron chi connectivity index (χ0n) is 9.77. The van der Waals surface area contributed by atoms with E-state index in [9.17, 15) is 0 Å². The molecule has 0 saturated heterocycles. The Bertz CT molecular complexity index is 498. The van der Waals surface area contributed by atoms with Gasteiger partial charge in [-0.15, -0.1) is 25.3 Å². The molecule has 0 heterocycles. The molecule has 3 heteroatoms. The van der Waals surface area contributed by atoms with Gasteiger partial charge in [0.1, 0.15) is 0 Å². The Hall–Kier alpha value is -0.510. The van der Waals surface area contributed by atoms with Gasteiger partial charge in [0, 0.05) is 19.6 Å². The highest BCUT2D eigenvalue weighted by Gasteiger charge is 2.01. The number of thiol groups is 2. The van der Waals surface area contributed by atoms with Gasteiger partial charge in [0.2, 0.25) is 0 Å². The molecule has 88 valence electrons. The molecule has 0 bridgehead atoms. The Balaban J connectivity index is 2.25. The van der Waals surface area contributed by atoms with Crippen LogP contribution in [0.25, 0.3) is 0 Å². The van der Waals surface area contributed by atoms with E-state index in [4.69, 9.17) is 0 Å². The first-order chi connectivity index (χ1) is 8.06. The maximum atomic E-state index is 4.38. The van der Waals surface area contributed by atoms with Gasteiger partial charge in [0.05, 0.1) is 0 Å². The third-order valence-corrected chi connectivity index (χ3v) is 4.56. The topological polar surface area (TPSA) is 0 Å². The summed E-state index contributed by atoms with van der Waals surface area (Å²) in [6, 6.07) is 12.6. The lowest BCUT2D eigenvalue weighted by Gasteiger charge is -2.06. The van der Waals surface area contributed by atoms with Crippen LogP contribution >= 0.6 is 37.0 Å². The van der Waals surface area contributed by atoms with Crippen molar-refractivity contribution in [2.45, 2.75) is 33.4 Å². The van der Waals surface area contributed by atoms with E-state index in [-0.39, 0.29) is 0 Å². The average molecular weight is 278 g/mol. The van der Waals surface area contributed by atoms with Gasteiger partial charge in [-0.05, 0) is 61.4 Å². The fourth-order valence-corrected chi connectivity index (χ4v) is 2.81. The van der Waals surface area contributed by atoms with Crippen LogP contribution in [0.5, 0.6) is 0 Å². The van der Waals surface area contributed by atoms with E-state index in [1.165, 1.54) is 20.9 Å². The third kappa shape index (κ3) is 3.24. The van der Waals surface area contributed by atoms with E-state index >= 15 is 0 Å². The van der Waals surface area contributed by atoms with Crippen LogP contribution in [0.4, 0.5) is 0 Å². The van der Waals surface area contributed by atoms with Crippen molar-refractivity contribution in [3.8, 4) is 0 Å². The second-order valence-electron chi connectivity index (χ2n) is 4.00. The summed E-state index contributed by atoms with van der Waals surface area (Å²) in [4.78, 5) is 4.56. The van der Waals surface area contributed by atoms with Crippen molar-refractivity contribution in [2.24, 2.45) is 0 Å². The molecule has 0 aliphatic rings. The van der Waals surface area contributed by atoms with E-state index in [1.807, 2.05) is 12.1 Å². The molecule has 0 amide bonds. The predicted octanol–water partition coefficient (Wildman–Crippen LogP) is 5.03. The summed E-state index contributed by atoms with van der Waals surface area (Å²) in [5.41, 5.74) is 2.42. The van der Waals surface area contributed by atoms with Crippen molar-refractivity contribution < 1.29 is 0 Å². The van der Waals surface area contributed by atoms with E-state index in [0.717, 1.165) is 9.79 Å². The number of benzene rings is 2. The van der Waals surface area contributed by atoms with Crippen molar-refractivity contribution in [2.75, 3.05) is 0 Å². The van der Waals surface area contributed by atoms with Crippen LogP contribution in [0, 0.1) is 13.8 Å². The molecule has 0 atom stereocenters. The summed E-state index contributed by atoms with van der Waals surface area (Å²) < 4.78 is 0. The fourth-order valence-electron chi connectivity index (χ4n) is 1.52. The SMILES string of the molecule is Cc1cc(Sc2ccc(S)c(C)c2)ccc1S. The number of aryl methyl sites for hydroxylation is 2. The lowest BCUT2D eigenvalue weighted by Crippen LogP contribution is -1.81. The van der Waals surface area contributed by atoms with E-state index in [0.29, 0.717) is 0 Å². The summed E-state index contributed by atoms with van der Waals surface area (Å²) in [6.45, 7) is 4.16. The van der Waals surface area contributed by atoms with Gasteiger partial charge in [-0.2, -0.15) is 0 Å². The third-order valence-electron chi connectivity index (χ3n) is 2.57. The first kappa shape index (κ1) is 12.9. The minimum absolute atomic E-state index is 1.04. The Labute approximate surface area is 118 Å². The minimum Gasteiger partial charge on any atom is -0.143 e. The Morgan fingerprint density at radius 3 is 1.53 bits per heavy atom. The molecule has 2 aromatic carbocycles. The van der Waals surface area contributed by atoms with E-state index in [1.54, 1.807) is 11.8 Å². The van der Waals surface area contributed by atoms with Gasteiger partial charge < -0.3 is 0 Å². The molecule has 0 N–H and O–H groups in total. The normalized spacial score (nSPS) is 10.6. The molecule has 0 fully saturated rings. The van der Waals surface area contributed by atoms with Crippen LogP contribution < -0.4 is 0 Å². The summed E-state index contributed by atoms with van der Waals surface area (Å²) in [7, 11) is 0. The quantitative estimate of drug-likeness (QED) is 0.726. The van der Waals surface area contributed by atoms with Gasteiger partial charge in [-0.3, -0.25) is 0 Å². The Kier molecular flexibility index (Phi) is 4.13. The molecule has 17 heavy (non-hydrogen) atoms. The molecule has 0 aromatic heterocycles. The Morgan fingerprint density at radius 2 is 1.18 bits per heavy atom. The molecule has 0 saturated carbocycles. The monoisotopic (exact) mass is 278 g/mol. The van der Waals surface area contributed by atoms with Crippen molar-refractivity contribution in [1.82, 2.24) is 0 Å². The zero-order chi connectivity index (χ0) is 12.4. The predicted molar refractivity (Wildman–Crippen MR) is 81.0 cm³/mol. The maximum Gasteiger partial charge on any atom is 0.0125 e. The highest BCUT2D eigenvalue weighted by molar-refractivity contribution is 7.99. The lowest BCUT2D eigenvalue weighted by atomic mass is 10.2. The van der Waals surface area contributed by atoms with Crippen LogP contribution in [0.3, 0.4) is 0 Å². The number of hydrogen-bond acceptors (Lipinski definition) is 3. The molecule has 0 spiro atoms. The molecule has 0 unspecified atom stereocenters. The van der Waals surface area contributed by atoms with Crippen LogP contribution in [-0.2, 0) is 0 Å². The molecule has 2 rings (SSSR count). The first-order valence-electron chi connectivity index (χ1n) is 5.33. The maximum absolute atomic E-state index is 4.38. The highest BCUT2D eigenvalue weighted by atomic mass is 32.2. The highest BCUT2D eigenvalue weighted by Crippen LogP contribution is 2.31. The largest absolute Gasteiger partial charge is 0.143 e. The molecular formula is C14H14S3. The zero-order valence-corrected chi connectivity index (χ0v) is 12.4. The van der Waals surface area contributed by atoms with Crippen molar-refractivity contribution in [1.29, 1.82) is 0 Å². The van der Waals surface area contributed by atoms with Gasteiger partial charge in [-0.1, -0.05) is 11.8 Å². The van der Waals surface area contributed by atoms with Crippen LogP contribution in [0.1, 0.15) is 11.1 Å². The molecule has 0 radical (unpaired) electrons. The summed E-state index contributed by atoms with van der Waals surface area (Å²) in [6.07, 6.45) is 0. The average Bonchev–Trinajstić information content (AvgIpc) is 2.29. The molecule has 0 aliphatic heterocycles. The first-order valence-corrected chi connectivity index (χ1v) is 7.04. The smallest absolute Gasteiger partial charge is 0.0125 e. The molecule has 0 aliphatic carbocycles. The number of hydrogen-bond donors (Lipinski definition) is 2. The van der Waals surface area contributed by atoms with Crippen LogP contribution in [0.15, 0.2) is 56.0 Å². The summed E-state index contributed by atoms with van der Waals surface area (Å²) in [5, 5.41) is 0. The molecule has 2 aromatic rings. The fraction of sp³-hybridized carbons (Fsp3) is 0.143. The number of rotatable bonds is 2. The lowest BCUT2D eigenvalue weighted by molar-refractivity contribution is 1.22. The minimum atomic E-state index is 1.04. The van der Waals surface area contributed by atoms with Crippen LogP contribution in [0.2, 0.25) is 0 Å². The van der Waals surface area contributed by atoms with Crippen molar-refractivity contribution in [3.63, 3.8) is 0 Å².